The number of nitro groups is 1. The van der Waals surface area contributed by atoms with Gasteiger partial charge in [-0.25, -0.2) is 4.39 Å². The largest absolute Gasteiger partial charge is 0.313 e. The molecule has 2 rings (SSSR count). The third-order valence-electron chi connectivity index (χ3n) is 3.28. The van der Waals surface area contributed by atoms with Gasteiger partial charge >= 0.3 is 0 Å². The van der Waals surface area contributed by atoms with Gasteiger partial charge in [0.15, 0.2) is 0 Å². The number of hydrogen-bond donors (Lipinski definition) is 1. The topological polar surface area (TPSA) is 55.2 Å². The molecule has 21 heavy (non-hydrogen) atoms. The molecule has 0 aliphatic carbocycles. The highest BCUT2D eigenvalue weighted by molar-refractivity contribution is 6.30. The van der Waals surface area contributed by atoms with E-state index >= 15 is 0 Å². The monoisotopic (exact) mass is 308 g/mol. The minimum Gasteiger partial charge on any atom is -0.313 e. The zero-order valence-corrected chi connectivity index (χ0v) is 12.1. The van der Waals surface area contributed by atoms with Crippen molar-refractivity contribution < 1.29 is 9.31 Å². The fourth-order valence-corrected chi connectivity index (χ4v) is 2.22. The van der Waals surface area contributed by atoms with Gasteiger partial charge in [0.2, 0.25) is 0 Å². The fourth-order valence-electron chi connectivity index (χ4n) is 2.11. The molecule has 0 amide bonds. The molecule has 0 spiro atoms. The molecule has 0 aliphatic heterocycles. The summed E-state index contributed by atoms with van der Waals surface area (Å²) in [5, 5.41) is 13.8. The fraction of sp³-hybridized carbons (Fsp3) is 0.200. The first-order chi connectivity index (χ1) is 10.0. The lowest BCUT2D eigenvalue weighted by molar-refractivity contribution is -0.384. The highest BCUT2D eigenvalue weighted by atomic mass is 35.5. The Morgan fingerprint density at radius 2 is 1.95 bits per heavy atom. The van der Waals surface area contributed by atoms with Crippen molar-refractivity contribution in [1.82, 2.24) is 5.32 Å². The van der Waals surface area contributed by atoms with Crippen molar-refractivity contribution in [2.45, 2.75) is 12.5 Å². The van der Waals surface area contributed by atoms with Crippen LogP contribution in [0, 0.1) is 15.9 Å². The van der Waals surface area contributed by atoms with Gasteiger partial charge in [-0.15, -0.1) is 0 Å². The van der Waals surface area contributed by atoms with Crippen LogP contribution in [0.2, 0.25) is 5.02 Å². The predicted octanol–water partition coefficient (Wildman–Crippen LogP) is 3.89. The molecular formula is C15H14ClFN2O2. The SMILES string of the molecule is CNC(Cc1ccc([N+](=O)[O-])cc1)c1ccc(Cl)c(F)c1. The minimum atomic E-state index is -0.460. The summed E-state index contributed by atoms with van der Waals surface area (Å²) >= 11 is 5.68. The summed E-state index contributed by atoms with van der Waals surface area (Å²) in [6, 6.07) is 10.9. The van der Waals surface area contributed by atoms with Gasteiger partial charge in [0.25, 0.3) is 5.69 Å². The van der Waals surface area contributed by atoms with Crippen molar-refractivity contribution >= 4 is 17.3 Å². The molecule has 2 aromatic carbocycles. The maximum absolute atomic E-state index is 13.5. The normalized spacial score (nSPS) is 12.1. The van der Waals surface area contributed by atoms with Crippen LogP contribution in [0.15, 0.2) is 42.5 Å². The van der Waals surface area contributed by atoms with Gasteiger partial charge < -0.3 is 5.32 Å². The second-order valence-corrected chi connectivity index (χ2v) is 5.05. The quantitative estimate of drug-likeness (QED) is 0.673. The molecule has 1 N–H and O–H groups in total. The molecule has 4 nitrogen and oxygen atoms in total. The van der Waals surface area contributed by atoms with E-state index in [9.17, 15) is 14.5 Å². The van der Waals surface area contributed by atoms with Crippen molar-refractivity contribution in [3.05, 3.63) is 74.5 Å². The lowest BCUT2D eigenvalue weighted by Gasteiger charge is -2.17. The zero-order chi connectivity index (χ0) is 15.4. The van der Waals surface area contributed by atoms with Crippen LogP contribution in [-0.2, 0) is 6.42 Å². The summed E-state index contributed by atoms with van der Waals surface area (Å²) < 4.78 is 13.5. The molecule has 0 radical (unpaired) electrons. The van der Waals surface area contributed by atoms with Crippen LogP contribution in [0.25, 0.3) is 0 Å². The summed E-state index contributed by atoms with van der Waals surface area (Å²) in [6.45, 7) is 0. The van der Waals surface area contributed by atoms with Crippen molar-refractivity contribution in [2.75, 3.05) is 7.05 Å². The van der Waals surface area contributed by atoms with Gasteiger partial charge in [-0.1, -0.05) is 29.8 Å². The molecule has 2 aromatic rings. The molecule has 0 fully saturated rings. The molecule has 0 aliphatic rings. The lowest BCUT2D eigenvalue weighted by atomic mass is 9.99. The first-order valence-corrected chi connectivity index (χ1v) is 6.74. The highest BCUT2D eigenvalue weighted by Gasteiger charge is 2.13. The maximum atomic E-state index is 13.5. The standard InChI is InChI=1S/C15H14ClFN2O2/c1-18-15(11-4-7-13(16)14(17)9-11)8-10-2-5-12(6-3-10)19(20)21/h2-7,9,15,18H,8H2,1H3. The summed E-state index contributed by atoms with van der Waals surface area (Å²) in [6.07, 6.45) is 0.593. The van der Waals surface area contributed by atoms with Crippen molar-refractivity contribution in [3.63, 3.8) is 0 Å². The Labute approximate surface area is 126 Å². The van der Waals surface area contributed by atoms with E-state index in [2.05, 4.69) is 5.32 Å². The van der Waals surface area contributed by atoms with E-state index in [1.165, 1.54) is 24.3 Å². The molecule has 0 aromatic heterocycles. The van der Waals surface area contributed by atoms with Crippen LogP contribution in [-0.4, -0.2) is 12.0 Å². The average Bonchev–Trinajstić information content (AvgIpc) is 2.48. The number of non-ortho nitro benzene ring substituents is 1. The van der Waals surface area contributed by atoms with Crippen molar-refractivity contribution in [3.8, 4) is 0 Å². The first-order valence-electron chi connectivity index (χ1n) is 6.37. The average molecular weight is 309 g/mol. The van der Waals surface area contributed by atoms with Crippen molar-refractivity contribution in [2.24, 2.45) is 0 Å². The number of nitrogens with one attached hydrogen (secondary N) is 1. The number of likely N-dealkylation sites (N-methyl/N-ethyl adjacent to an activating group) is 1. The van der Waals surface area contributed by atoms with Gasteiger partial charge in [-0.2, -0.15) is 0 Å². The number of nitro benzene ring substituents is 1. The number of rotatable bonds is 5. The number of nitrogens with zero attached hydrogens (tertiary/aromatic N) is 1. The summed E-state index contributed by atoms with van der Waals surface area (Å²) in [5.41, 5.74) is 1.75. The molecule has 1 unspecified atom stereocenters. The Balaban J connectivity index is 2.18. The van der Waals surface area contributed by atoms with E-state index < -0.39 is 10.7 Å². The van der Waals surface area contributed by atoms with Gasteiger partial charge in [0, 0.05) is 18.2 Å². The van der Waals surface area contributed by atoms with E-state index in [0.29, 0.717) is 6.42 Å². The van der Waals surface area contributed by atoms with Gasteiger partial charge in [0.1, 0.15) is 5.82 Å². The van der Waals surface area contributed by atoms with Gasteiger partial charge in [-0.05, 0) is 36.7 Å². The van der Waals surface area contributed by atoms with Crippen molar-refractivity contribution in [1.29, 1.82) is 0 Å². The van der Waals surface area contributed by atoms with Crippen LogP contribution in [0.5, 0.6) is 0 Å². The molecule has 110 valence electrons. The summed E-state index contributed by atoms with van der Waals surface area (Å²) in [7, 11) is 1.78. The Kier molecular flexibility index (Phi) is 4.88. The second-order valence-electron chi connectivity index (χ2n) is 4.64. The summed E-state index contributed by atoms with van der Waals surface area (Å²) in [5.74, 6) is -0.460. The maximum Gasteiger partial charge on any atom is 0.269 e. The zero-order valence-electron chi connectivity index (χ0n) is 11.3. The van der Waals surface area contributed by atoms with E-state index in [1.807, 2.05) is 0 Å². The smallest absolute Gasteiger partial charge is 0.269 e. The molecule has 0 saturated heterocycles. The Morgan fingerprint density at radius 3 is 2.48 bits per heavy atom. The molecular weight excluding hydrogens is 295 g/mol. The molecule has 0 saturated carbocycles. The number of benzene rings is 2. The predicted molar refractivity (Wildman–Crippen MR) is 80.0 cm³/mol. The van der Waals surface area contributed by atoms with Gasteiger partial charge in [-0.3, -0.25) is 10.1 Å². The van der Waals surface area contributed by atoms with E-state index in [4.69, 9.17) is 11.6 Å². The molecule has 0 heterocycles. The molecule has 6 heteroatoms. The Bertz CT molecular complexity index is 647. The van der Waals surface area contributed by atoms with Crippen LogP contribution >= 0.6 is 11.6 Å². The van der Waals surface area contributed by atoms with Crippen LogP contribution in [0.3, 0.4) is 0 Å². The van der Waals surface area contributed by atoms with Crippen LogP contribution in [0.4, 0.5) is 10.1 Å². The van der Waals surface area contributed by atoms with Crippen LogP contribution < -0.4 is 5.32 Å². The number of halogens is 2. The Morgan fingerprint density at radius 1 is 1.29 bits per heavy atom. The Hall–Kier alpha value is -1.98. The first kappa shape index (κ1) is 15.4. The molecule has 1 atom stereocenters. The van der Waals surface area contributed by atoms with Gasteiger partial charge in [0.05, 0.1) is 9.95 Å². The second kappa shape index (κ2) is 6.65. The van der Waals surface area contributed by atoms with E-state index in [0.717, 1.165) is 11.1 Å². The van der Waals surface area contributed by atoms with E-state index in [-0.39, 0.29) is 16.8 Å². The lowest BCUT2D eigenvalue weighted by Crippen LogP contribution is -2.19. The molecule has 0 bridgehead atoms. The van der Waals surface area contributed by atoms with E-state index in [1.54, 1.807) is 25.2 Å². The third-order valence-corrected chi connectivity index (χ3v) is 3.59. The number of hydrogen-bond acceptors (Lipinski definition) is 3. The van der Waals surface area contributed by atoms with Crippen LogP contribution in [0.1, 0.15) is 17.2 Å². The minimum absolute atomic E-state index is 0.0531. The summed E-state index contributed by atoms with van der Waals surface area (Å²) in [4.78, 5) is 10.2. The third kappa shape index (κ3) is 3.77. The highest BCUT2D eigenvalue weighted by Crippen LogP contribution is 2.23.